The molecule has 0 spiro atoms. The molecule has 0 aliphatic carbocycles. The van der Waals surface area contributed by atoms with Gasteiger partial charge in [-0.2, -0.15) is 4.31 Å². The van der Waals surface area contributed by atoms with Gasteiger partial charge in [-0.25, -0.2) is 13.2 Å². The molecule has 9 heteroatoms. The summed E-state index contributed by atoms with van der Waals surface area (Å²) in [5, 5.41) is 11.1. The van der Waals surface area contributed by atoms with E-state index in [1.54, 1.807) is 12.1 Å². The zero-order chi connectivity index (χ0) is 18.9. The fraction of sp³-hybridized carbons (Fsp3) is 0.294. The van der Waals surface area contributed by atoms with Crippen LogP contribution in [-0.4, -0.2) is 42.3 Å². The first-order chi connectivity index (χ1) is 12.3. The second-order valence-electron chi connectivity index (χ2n) is 6.05. The molecule has 1 aromatic carbocycles. The van der Waals surface area contributed by atoms with Crippen molar-refractivity contribution in [2.45, 2.75) is 30.9 Å². The van der Waals surface area contributed by atoms with Crippen molar-refractivity contribution < 1.29 is 27.5 Å². The van der Waals surface area contributed by atoms with Gasteiger partial charge < -0.3 is 14.8 Å². The van der Waals surface area contributed by atoms with Gasteiger partial charge in [-0.1, -0.05) is 17.7 Å². The van der Waals surface area contributed by atoms with Gasteiger partial charge in [0.1, 0.15) is 6.04 Å². The number of carbonyl (C=O) groups excluding carboxylic acids is 1. The van der Waals surface area contributed by atoms with Gasteiger partial charge in [0.2, 0.25) is 16.8 Å². The molecule has 138 valence electrons. The van der Waals surface area contributed by atoms with Gasteiger partial charge >= 0.3 is 5.97 Å². The van der Waals surface area contributed by atoms with E-state index in [2.05, 4.69) is 5.32 Å². The summed E-state index contributed by atoms with van der Waals surface area (Å²) in [6.07, 6.45) is 0.904. The first-order valence-electron chi connectivity index (χ1n) is 8.01. The lowest BCUT2D eigenvalue weighted by Gasteiger charge is -2.22. The molecule has 1 aliphatic heterocycles. The Morgan fingerprint density at radius 1 is 1.19 bits per heavy atom. The van der Waals surface area contributed by atoms with Gasteiger partial charge in [0, 0.05) is 12.2 Å². The number of carboxylic acids is 1. The zero-order valence-corrected chi connectivity index (χ0v) is 14.8. The molecule has 1 aromatic heterocycles. The van der Waals surface area contributed by atoms with E-state index >= 15 is 0 Å². The number of sulfonamides is 1. The van der Waals surface area contributed by atoms with Crippen LogP contribution in [0.25, 0.3) is 0 Å². The largest absolute Gasteiger partial charge is 0.475 e. The minimum absolute atomic E-state index is 0.164. The zero-order valence-electron chi connectivity index (χ0n) is 14.0. The van der Waals surface area contributed by atoms with Crippen LogP contribution in [-0.2, 0) is 14.8 Å². The topological polar surface area (TPSA) is 117 Å². The molecular formula is C17H18N2O6S. The second-order valence-corrected chi connectivity index (χ2v) is 7.87. The molecule has 2 N–H and O–H groups in total. The van der Waals surface area contributed by atoms with Gasteiger partial charge in [0.25, 0.3) is 10.0 Å². The third-order valence-electron chi connectivity index (χ3n) is 4.18. The number of rotatable bonds is 5. The maximum absolute atomic E-state index is 12.7. The molecule has 2 aromatic rings. The Balaban J connectivity index is 1.81. The number of hydrogen-bond acceptors (Lipinski definition) is 5. The van der Waals surface area contributed by atoms with Crippen molar-refractivity contribution in [1.29, 1.82) is 0 Å². The molecule has 0 saturated carbocycles. The molecular weight excluding hydrogens is 360 g/mol. The summed E-state index contributed by atoms with van der Waals surface area (Å²) in [6, 6.07) is 8.46. The van der Waals surface area contributed by atoms with Gasteiger partial charge in [-0.3, -0.25) is 4.79 Å². The summed E-state index contributed by atoms with van der Waals surface area (Å²) < 4.78 is 31.5. The average Bonchev–Trinajstić information content (AvgIpc) is 3.27. The first-order valence-corrected chi connectivity index (χ1v) is 9.45. The number of furan rings is 1. The summed E-state index contributed by atoms with van der Waals surface area (Å²) in [4.78, 5) is 23.5. The standard InChI is InChI=1S/C17H18N2O6S/c1-11-4-6-12(7-5-11)18-16(20)13-3-2-10-19(13)26(23,24)15-9-8-14(25-15)17(21)22/h4-9,13H,2-3,10H2,1H3,(H,18,20)(H,21,22). The Hall–Kier alpha value is -2.65. The summed E-state index contributed by atoms with van der Waals surface area (Å²) in [5.41, 5.74) is 1.62. The third-order valence-corrected chi connectivity index (χ3v) is 5.96. The number of carboxylic acid groups (broad SMARTS) is 1. The highest BCUT2D eigenvalue weighted by Crippen LogP contribution is 2.28. The minimum Gasteiger partial charge on any atom is -0.475 e. The Labute approximate surface area is 150 Å². The van der Waals surface area contributed by atoms with Gasteiger partial charge in [-0.05, 0) is 44.0 Å². The molecule has 0 radical (unpaired) electrons. The first kappa shape index (κ1) is 18.2. The minimum atomic E-state index is -4.10. The molecule has 1 unspecified atom stereocenters. The van der Waals surface area contributed by atoms with E-state index in [9.17, 15) is 18.0 Å². The van der Waals surface area contributed by atoms with Crippen molar-refractivity contribution in [1.82, 2.24) is 4.31 Å². The number of nitrogens with one attached hydrogen (secondary N) is 1. The predicted molar refractivity (Wildman–Crippen MR) is 92.4 cm³/mol. The number of nitrogens with zero attached hydrogens (tertiary/aromatic N) is 1. The van der Waals surface area contributed by atoms with E-state index in [0.29, 0.717) is 18.5 Å². The van der Waals surface area contributed by atoms with Crippen LogP contribution >= 0.6 is 0 Å². The summed E-state index contributed by atoms with van der Waals surface area (Å²) >= 11 is 0. The Morgan fingerprint density at radius 3 is 2.50 bits per heavy atom. The lowest BCUT2D eigenvalue weighted by molar-refractivity contribution is -0.119. The smallest absolute Gasteiger partial charge is 0.371 e. The predicted octanol–water partition coefficient (Wildman–Crippen LogP) is 2.08. The maximum atomic E-state index is 12.7. The van der Waals surface area contributed by atoms with E-state index in [1.165, 1.54) is 0 Å². The third kappa shape index (κ3) is 3.49. The lowest BCUT2D eigenvalue weighted by Crippen LogP contribution is -2.43. The molecule has 3 rings (SSSR count). The molecule has 2 heterocycles. The number of aromatic carboxylic acids is 1. The van der Waals surface area contributed by atoms with Crippen molar-refractivity contribution in [2.75, 3.05) is 11.9 Å². The number of anilines is 1. The highest BCUT2D eigenvalue weighted by Gasteiger charge is 2.41. The Kier molecular flexibility index (Phi) is 4.84. The molecule has 1 saturated heterocycles. The van der Waals surface area contributed by atoms with Crippen molar-refractivity contribution in [3.8, 4) is 0 Å². The van der Waals surface area contributed by atoms with Crippen LogP contribution in [0.2, 0.25) is 0 Å². The van der Waals surface area contributed by atoms with Crippen molar-refractivity contribution >= 4 is 27.6 Å². The molecule has 1 aliphatic rings. The Morgan fingerprint density at radius 2 is 1.88 bits per heavy atom. The normalized spacial score (nSPS) is 18.0. The monoisotopic (exact) mass is 378 g/mol. The second kappa shape index (κ2) is 6.93. The maximum Gasteiger partial charge on any atom is 0.371 e. The van der Waals surface area contributed by atoms with Crippen LogP contribution in [0.5, 0.6) is 0 Å². The number of aryl methyl sites for hydroxylation is 1. The average molecular weight is 378 g/mol. The van der Waals surface area contributed by atoms with Crippen LogP contribution in [0.3, 0.4) is 0 Å². The fourth-order valence-corrected chi connectivity index (χ4v) is 4.41. The van der Waals surface area contributed by atoms with E-state index in [-0.39, 0.29) is 6.54 Å². The summed E-state index contributed by atoms with van der Waals surface area (Å²) in [5.74, 6) is -2.26. The SMILES string of the molecule is Cc1ccc(NC(=O)C2CCCN2S(=O)(=O)c2ccc(C(=O)O)o2)cc1. The molecule has 8 nitrogen and oxygen atoms in total. The van der Waals surface area contributed by atoms with Gasteiger partial charge in [-0.15, -0.1) is 0 Å². The number of amides is 1. The summed E-state index contributed by atoms with van der Waals surface area (Å²) in [6.45, 7) is 2.09. The van der Waals surface area contributed by atoms with Crippen molar-refractivity contribution in [2.24, 2.45) is 0 Å². The van der Waals surface area contributed by atoms with Crippen LogP contribution in [0.4, 0.5) is 5.69 Å². The van der Waals surface area contributed by atoms with Crippen LogP contribution in [0.15, 0.2) is 45.9 Å². The van der Waals surface area contributed by atoms with Crippen molar-refractivity contribution in [3.05, 3.63) is 47.7 Å². The fourth-order valence-electron chi connectivity index (χ4n) is 2.84. The molecule has 1 fully saturated rings. The molecule has 26 heavy (non-hydrogen) atoms. The number of benzene rings is 1. The molecule has 1 amide bonds. The van der Waals surface area contributed by atoms with Crippen LogP contribution in [0.1, 0.15) is 29.0 Å². The number of hydrogen-bond donors (Lipinski definition) is 2. The van der Waals surface area contributed by atoms with E-state index in [4.69, 9.17) is 9.52 Å². The molecule has 0 bridgehead atoms. The quantitative estimate of drug-likeness (QED) is 0.823. The van der Waals surface area contributed by atoms with Gasteiger partial charge in [0.05, 0.1) is 0 Å². The van der Waals surface area contributed by atoms with Gasteiger partial charge in [0.15, 0.2) is 0 Å². The van der Waals surface area contributed by atoms with E-state index < -0.39 is 38.8 Å². The van der Waals surface area contributed by atoms with Crippen molar-refractivity contribution in [3.63, 3.8) is 0 Å². The Bertz CT molecular complexity index is 932. The van der Waals surface area contributed by atoms with Crippen LogP contribution < -0.4 is 5.32 Å². The summed E-state index contributed by atoms with van der Waals surface area (Å²) in [7, 11) is -4.10. The highest BCUT2D eigenvalue weighted by molar-refractivity contribution is 7.89. The molecule has 1 atom stereocenters. The van der Waals surface area contributed by atoms with E-state index in [1.807, 2.05) is 19.1 Å². The van der Waals surface area contributed by atoms with E-state index in [0.717, 1.165) is 22.0 Å². The lowest BCUT2D eigenvalue weighted by atomic mass is 10.2. The van der Waals surface area contributed by atoms with Crippen LogP contribution in [0, 0.1) is 6.92 Å². The number of carbonyl (C=O) groups is 2. The highest BCUT2D eigenvalue weighted by atomic mass is 32.2.